The summed E-state index contributed by atoms with van der Waals surface area (Å²) in [4.78, 5) is 30.8. The lowest BCUT2D eigenvalue weighted by atomic mass is 9.94. The van der Waals surface area contributed by atoms with Crippen molar-refractivity contribution in [3.8, 4) is 0 Å². The van der Waals surface area contributed by atoms with Crippen LogP contribution in [-0.4, -0.2) is 65.6 Å². The topological polar surface area (TPSA) is 64.0 Å². The highest BCUT2D eigenvalue weighted by Gasteiger charge is 2.29. The Balaban J connectivity index is 1.44. The van der Waals surface area contributed by atoms with Crippen LogP contribution in [0.3, 0.4) is 0 Å². The summed E-state index contributed by atoms with van der Waals surface area (Å²) in [7, 11) is 1.65. The van der Waals surface area contributed by atoms with Crippen LogP contribution in [0.1, 0.15) is 55.3 Å². The van der Waals surface area contributed by atoms with Gasteiger partial charge in [-0.05, 0) is 42.5 Å². The molecule has 0 spiro atoms. The van der Waals surface area contributed by atoms with Crippen LogP contribution in [0.25, 0.3) is 0 Å². The summed E-state index contributed by atoms with van der Waals surface area (Å²) in [5.41, 5.74) is 3.34. The maximum Gasteiger partial charge on any atom is 0.249 e. The molecular formula is C33H43N3O4. The molecule has 0 saturated heterocycles. The van der Waals surface area contributed by atoms with E-state index in [2.05, 4.69) is 41.1 Å². The molecule has 1 aliphatic rings. The summed E-state index contributed by atoms with van der Waals surface area (Å²) in [5, 5.41) is 0. The van der Waals surface area contributed by atoms with E-state index in [0.29, 0.717) is 32.7 Å². The molecule has 4 rings (SSSR count). The molecule has 1 aromatic heterocycles. The first kappa shape index (κ1) is 29.6. The van der Waals surface area contributed by atoms with E-state index in [9.17, 15) is 9.59 Å². The minimum absolute atomic E-state index is 0.00631. The van der Waals surface area contributed by atoms with Crippen molar-refractivity contribution in [1.29, 1.82) is 0 Å². The van der Waals surface area contributed by atoms with E-state index < -0.39 is 0 Å². The van der Waals surface area contributed by atoms with E-state index in [1.807, 2.05) is 47.4 Å². The van der Waals surface area contributed by atoms with Crippen molar-refractivity contribution < 1.29 is 19.1 Å². The number of hydrogen-bond acceptors (Lipinski definition) is 4. The highest BCUT2D eigenvalue weighted by atomic mass is 16.5. The number of nitrogens with zero attached hydrogens (tertiary/aromatic N) is 3. The van der Waals surface area contributed by atoms with E-state index in [0.717, 1.165) is 43.5 Å². The van der Waals surface area contributed by atoms with Crippen molar-refractivity contribution in [1.82, 2.24) is 14.4 Å². The number of benzene rings is 2. The van der Waals surface area contributed by atoms with Crippen LogP contribution in [0, 0.1) is 0 Å². The van der Waals surface area contributed by atoms with Crippen molar-refractivity contribution in [2.45, 2.75) is 64.3 Å². The fourth-order valence-electron chi connectivity index (χ4n) is 5.38. The monoisotopic (exact) mass is 545 g/mol. The molecule has 0 unspecified atom stereocenters. The minimum atomic E-state index is -0.170. The third kappa shape index (κ3) is 9.07. The normalized spacial score (nSPS) is 13.7. The fraction of sp³-hybridized carbons (Fsp3) is 0.455. The van der Waals surface area contributed by atoms with E-state index in [4.69, 9.17) is 9.47 Å². The average Bonchev–Trinajstić information content (AvgIpc) is 3.43. The highest BCUT2D eigenvalue weighted by Crippen LogP contribution is 2.25. The molecule has 7 nitrogen and oxygen atoms in total. The third-order valence-corrected chi connectivity index (χ3v) is 7.58. The number of rotatable bonds is 15. The number of aromatic nitrogens is 1. The second-order valence-corrected chi connectivity index (χ2v) is 10.6. The molecule has 1 fully saturated rings. The predicted octanol–water partition coefficient (Wildman–Crippen LogP) is 5.28. The molecule has 1 aliphatic carbocycles. The van der Waals surface area contributed by atoms with E-state index in [-0.39, 0.29) is 31.0 Å². The van der Waals surface area contributed by atoms with Crippen LogP contribution in [0.2, 0.25) is 0 Å². The maximum absolute atomic E-state index is 13.9. The smallest absolute Gasteiger partial charge is 0.249 e. The van der Waals surface area contributed by atoms with Gasteiger partial charge in [0.2, 0.25) is 11.8 Å². The summed E-state index contributed by atoms with van der Waals surface area (Å²) in [6.45, 7) is 2.63. The largest absolute Gasteiger partial charge is 0.385 e. The van der Waals surface area contributed by atoms with Gasteiger partial charge in [0.1, 0.15) is 6.61 Å². The van der Waals surface area contributed by atoms with E-state index >= 15 is 0 Å². The molecule has 7 heteroatoms. The van der Waals surface area contributed by atoms with E-state index in [1.54, 1.807) is 12.0 Å². The molecule has 0 atom stereocenters. The summed E-state index contributed by atoms with van der Waals surface area (Å²) < 4.78 is 13.2. The Morgan fingerprint density at radius 3 is 2.27 bits per heavy atom. The number of carbonyl (C=O) groups excluding carboxylic acids is 2. The summed E-state index contributed by atoms with van der Waals surface area (Å²) in [5.74, 6) is -0.176. The Kier molecular flexibility index (Phi) is 11.8. The molecule has 0 radical (unpaired) electrons. The van der Waals surface area contributed by atoms with Crippen molar-refractivity contribution in [2.75, 3.05) is 33.4 Å². The molecule has 2 amide bonds. The molecule has 1 saturated carbocycles. The molecule has 1 heterocycles. The summed E-state index contributed by atoms with van der Waals surface area (Å²) in [6, 6.07) is 24.5. The first-order chi connectivity index (χ1) is 19.6. The van der Waals surface area contributed by atoms with Gasteiger partial charge in [-0.1, -0.05) is 79.9 Å². The average molecular weight is 546 g/mol. The second kappa shape index (κ2) is 16.0. The Labute approximate surface area is 238 Å². The Hall–Kier alpha value is -3.42. The van der Waals surface area contributed by atoms with Gasteiger partial charge in [0, 0.05) is 44.7 Å². The van der Waals surface area contributed by atoms with Gasteiger partial charge < -0.3 is 23.8 Å². The zero-order valence-corrected chi connectivity index (χ0v) is 23.7. The number of methoxy groups -OCH3 is 1. The zero-order valence-electron chi connectivity index (χ0n) is 23.7. The quantitative estimate of drug-likeness (QED) is 0.244. The fourth-order valence-corrected chi connectivity index (χ4v) is 5.38. The number of amides is 2. The van der Waals surface area contributed by atoms with Crippen LogP contribution >= 0.6 is 0 Å². The third-order valence-electron chi connectivity index (χ3n) is 7.58. The zero-order chi connectivity index (χ0) is 28.0. The lowest BCUT2D eigenvalue weighted by molar-refractivity contribution is -0.145. The van der Waals surface area contributed by atoms with Crippen molar-refractivity contribution in [3.63, 3.8) is 0 Å². The lowest BCUT2D eigenvalue weighted by Crippen LogP contribution is -2.48. The molecule has 3 aromatic rings. The van der Waals surface area contributed by atoms with Gasteiger partial charge in [-0.2, -0.15) is 0 Å². The Bertz CT molecular complexity index is 1160. The van der Waals surface area contributed by atoms with Gasteiger partial charge >= 0.3 is 0 Å². The van der Waals surface area contributed by atoms with Crippen molar-refractivity contribution in [3.05, 3.63) is 95.8 Å². The van der Waals surface area contributed by atoms with Gasteiger partial charge in [-0.15, -0.1) is 0 Å². The summed E-state index contributed by atoms with van der Waals surface area (Å²) >= 11 is 0. The number of hydrogen-bond donors (Lipinski definition) is 0. The predicted molar refractivity (Wildman–Crippen MR) is 157 cm³/mol. The van der Waals surface area contributed by atoms with E-state index in [1.165, 1.54) is 12.0 Å². The van der Waals surface area contributed by atoms with Crippen molar-refractivity contribution >= 4 is 11.8 Å². The van der Waals surface area contributed by atoms with Gasteiger partial charge in [0.25, 0.3) is 0 Å². The van der Waals surface area contributed by atoms with Crippen LogP contribution in [0.5, 0.6) is 0 Å². The van der Waals surface area contributed by atoms with Crippen LogP contribution < -0.4 is 0 Å². The number of ether oxygens (including phenoxy) is 2. The molecule has 0 aliphatic heterocycles. The first-order valence-corrected chi connectivity index (χ1v) is 14.5. The van der Waals surface area contributed by atoms with Crippen LogP contribution in [0.15, 0.2) is 79.0 Å². The Morgan fingerprint density at radius 1 is 0.875 bits per heavy atom. The van der Waals surface area contributed by atoms with Gasteiger partial charge in [0.15, 0.2) is 0 Å². The molecule has 2 aromatic carbocycles. The minimum Gasteiger partial charge on any atom is -0.385 e. The van der Waals surface area contributed by atoms with Crippen molar-refractivity contribution in [2.24, 2.45) is 0 Å². The van der Waals surface area contributed by atoms with Crippen LogP contribution in [0.4, 0.5) is 0 Å². The second-order valence-electron chi connectivity index (χ2n) is 10.6. The maximum atomic E-state index is 13.9. The summed E-state index contributed by atoms with van der Waals surface area (Å²) in [6.07, 6.45) is 8.22. The van der Waals surface area contributed by atoms with Gasteiger partial charge in [-0.25, -0.2) is 0 Å². The molecule has 0 N–H and O–H groups in total. The van der Waals surface area contributed by atoms with Crippen LogP contribution in [-0.2, 0) is 38.8 Å². The molecular weight excluding hydrogens is 502 g/mol. The first-order valence-electron chi connectivity index (χ1n) is 14.5. The highest BCUT2D eigenvalue weighted by molar-refractivity contribution is 5.85. The van der Waals surface area contributed by atoms with Gasteiger partial charge in [-0.3, -0.25) is 9.59 Å². The lowest BCUT2D eigenvalue weighted by Gasteiger charge is -2.36. The standard InChI is InChI=1S/C33H43N3O4/c1-39-22-12-21-35(33(38)27-40-26-29-15-7-3-8-16-29)25-32(37)36(30-17-9-4-10-18-30)24-31-19-11-20-34(31)23-28-13-5-2-6-14-28/h2-3,5-8,11,13-16,19-20,30H,4,9-10,12,17-18,21-27H2,1H3. The Morgan fingerprint density at radius 2 is 1.57 bits per heavy atom. The number of carbonyl (C=O) groups is 2. The molecule has 214 valence electrons. The SMILES string of the molecule is COCCCN(CC(=O)N(Cc1cccn1Cc1ccccc1)C1CCCCC1)C(=O)COCc1ccccc1. The van der Waals surface area contributed by atoms with Gasteiger partial charge in [0.05, 0.1) is 19.7 Å². The molecule has 40 heavy (non-hydrogen) atoms. The molecule has 0 bridgehead atoms.